The van der Waals surface area contributed by atoms with Crippen molar-refractivity contribution in [3.8, 4) is 0 Å². The number of carboxylic acids is 1. The molecule has 0 atom stereocenters. The highest BCUT2D eigenvalue weighted by atomic mass is 16.5. The minimum absolute atomic E-state index is 0.162. The number of nitrogens with zero attached hydrogens (tertiary/aromatic N) is 2. The van der Waals surface area contributed by atoms with Gasteiger partial charge in [0.25, 0.3) is 0 Å². The number of hydrogen-bond donors (Lipinski definition) is 2. The molecule has 0 aliphatic rings. The second-order valence-corrected chi connectivity index (χ2v) is 4.58. The molecule has 0 radical (unpaired) electrons. The van der Waals surface area contributed by atoms with Crippen LogP contribution in [0.4, 0.5) is 5.69 Å². The van der Waals surface area contributed by atoms with E-state index in [-0.39, 0.29) is 12.3 Å². The first-order chi connectivity index (χ1) is 10.5. The summed E-state index contributed by atoms with van der Waals surface area (Å²) in [6.45, 7) is 1.72. The lowest BCUT2D eigenvalue weighted by atomic mass is 10.2. The molecule has 7 nitrogen and oxygen atoms in total. The van der Waals surface area contributed by atoms with Crippen molar-refractivity contribution in [3.63, 3.8) is 0 Å². The maximum Gasteiger partial charge on any atom is 0.328 e. The summed E-state index contributed by atoms with van der Waals surface area (Å²) in [6.07, 6.45) is 3.15. The van der Waals surface area contributed by atoms with Gasteiger partial charge in [0.1, 0.15) is 0 Å². The summed E-state index contributed by atoms with van der Waals surface area (Å²) in [5, 5.41) is 14.9. The van der Waals surface area contributed by atoms with Gasteiger partial charge in [0.05, 0.1) is 0 Å². The SMILES string of the molecule is Cc1noc(CCC(=O)Nc2ccc(/C=C/C(=O)O)cc2)n1. The summed E-state index contributed by atoms with van der Waals surface area (Å²) in [5.74, 6) is -0.194. The molecular weight excluding hydrogens is 286 g/mol. The number of carboxylic acid groups (broad SMARTS) is 1. The molecule has 1 amide bonds. The maximum absolute atomic E-state index is 11.8. The molecule has 0 fully saturated rings. The van der Waals surface area contributed by atoms with Crippen LogP contribution in [0, 0.1) is 6.92 Å². The molecule has 114 valence electrons. The van der Waals surface area contributed by atoms with Gasteiger partial charge in [-0.1, -0.05) is 17.3 Å². The normalized spacial score (nSPS) is 10.8. The van der Waals surface area contributed by atoms with Gasteiger partial charge in [-0.05, 0) is 30.7 Å². The maximum atomic E-state index is 11.8. The van der Waals surface area contributed by atoms with E-state index in [0.717, 1.165) is 11.6 Å². The first-order valence-corrected chi connectivity index (χ1v) is 6.63. The van der Waals surface area contributed by atoms with Crippen LogP contribution in [0.2, 0.25) is 0 Å². The Bertz CT molecular complexity index is 689. The molecule has 22 heavy (non-hydrogen) atoms. The lowest BCUT2D eigenvalue weighted by molar-refractivity contribution is -0.131. The number of rotatable bonds is 6. The van der Waals surface area contributed by atoms with Gasteiger partial charge in [-0.2, -0.15) is 4.98 Å². The van der Waals surface area contributed by atoms with Crippen LogP contribution in [-0.4, -0.2) is 27.1 Å². The Hall–Kier alpha value is -2.96. The number of benzene rings is 1. The van der Waals surface area contributed by atoms with Crippen LogP contribution in [0.25, 0.3) is 6.08 Å². The van der Waals surface area contributed by atoms with Crippen LogP contribution >= 0.6 is 0 Å². The summed E-state index contributed by atoms with van der Waals surface area (Å²) < 4.78 is 4.93. The highest BCUT2D eigenvalue weighted by Gasteiger charge is 2.07. The van der Waals surface area contributed by atoms with Gasteiger partial charge in [-0.25, -0.2) is 4.79 Å². The average molecular weight is 301 g/mol. The molecule has 1 aromatic carbocycles. The zero-order valence-corrected chi connectivity index (χ0v) is 11.9. The van der Waals surface area contributed by atoms with E-state index in [1.807, 2.05) is 0 Å². The molecule has 7 heteroatoms. The standard InChI is InChI=1S/C15H15N3O4/c1-10-16-14(22-18-10)8-7-13(19)17-12-5-2-11(3-6-12)4-9-15(20)21/h2-6,9H,7-8H2,1H3,(H,17,19)(H,20,21)/b9-4+. The predicted molar refractivity (Wildman–Crippen MR) is 79.1 cm³/mol. The van der Waals surface area contributed by atoms with Crippen molar-refractivity contribution in [2.75, 3.05) is 5.32 Å². The molecule has 1 aromatic heterocycles. The summed E-state index contributed by atoms with van der Waals surface area (Å²) in [4.78, 5) is 26.2. The number of anilines is 1. The molecular formula is C15H15N3O4. The molecule has 0 saturated heterocycles. The monoisotopic (exact) mass is 301 g/mol. The molecule has 2 aromatic rings. The first-order valence-electron chi connectivity index (χ1n) is 6.63. The fraction of sp³-hybridized carbons (Fsp3) is 0.200. The quantitative estimate of drug-likeness (QED) is 0.791. The topological polar surface area (TPSA) is 105 Å². The number of amides is 1. The van der Waals surface area contributed by atoms with Crippen LogP contribution in [0.3, 0.4) is 0 Å². The van der Waals surface area contributed by atoms with Crippen LogP contribution < -0.4 is 5.32 Å². The average Bonchev–Trinajstić information content (AvgIpc) is 2.90. The molecule has 0 bridgehead atoms. The Labute approximate surface area is 126 Å². The molecule has 0 unspecified atom stereocenters. The third-order valence-corrected chi connectivity index (χ3v) is 2.75. The van der Waals surface area contributed by atoms with Crippen molar-refractivity contribution in [2.24, 2.45) is 0 Å². The Morgan fingerprint density at radius 1 is 1.32 bits per heavy atom. The first kappa shape index (κ1) is 15.4. The fourth-order valence-electron chi connectivity index (χ4n) is 1.73. The minimum atomic E-state index is -1.01. The van der Waals surface area contributed by atoms with Crippen molar-refractivity contribution in [1.82, 2.24) is 10.1 Å². The zero-order valence-electron chi connectivity index (χ0n) is 11.9. The Morgan fingerprint density at radius 3 is 2.64 bits per heavy atom. The van der Waals surface area contributed by atoms with Crippen molar-refractivity contribution in [1.29, 1.82) is 0 Å². The molecule has 0 aliphatic heterocycles. The van der Waals surface area contributed by atoms with Crippen molar-refractivity contribution >= 4 is 23.6 Å². The van der Waals surface area contributed by atoms with E-state index >= 15 is 0 Å². The van der Waals surface area contributed by atoms with Gasteiger partial charge in [-0.15, -0.1) is 0 Å². The van der Waals surface area contributed by atoms with E-state index in [0.29, 0.717) is 23.8 Å². The summed E-state index contributed by atoms with van der Waals surface area (Å²) in [5.41, 5.74) is 1.38. The molecule has 0 aliphatic carbocycles. The van der Waals surface area contributed by atoms with Crippen LogP contribution in [0.1, 0.15) is 23.7 Å². The van der Waals surface area contributed by atoms with E-state index in [4.69, 9.17) is 9.63 Å². The lowest BCUT2D eigenvalue weighted by Gasteiger charge is -2.04. The van der Waals surface area contributed by atoms with Gasteiger partial charge >= 0.3 is 5.97 Å². The lowest BCUT2D eigenvalue weighted by Crippen LogP contribution is -2.12. The van der Waals surface area contributed by atoms with Crippen molar-refractivity contribution in [2.45, 2.75) is 19.8 Å². The predicted octanol–water partition coefficient (Wildman–Crippen LogP) is 2.05. The van der Waals surface area contributed by atoms with Crippen LogP contribution in [0.15, 0.2) is 34.9 Å². The highest BCUT2D eigenvalue weighted by Crippen LogP contribution is 2.11. The van der Waals surface area contributed by atoms with E-state index < -0.39 is 5.97 Å². The van der Waals surface area contributed by atoms with Crippen molar-refractivity contribution < 1.29 is 19.2 Å². The smallest absolute Gasteiger partial charge is 0.328 e. The molecule has 0 saturated carbocycles. The number of carbonyl (C=O) groups excluding carboxylic acids is 1. The fourth-order valence-corrected chi connectivity index (χ4v) is 1.73. The number of carbonyl (C=O) groups is 2. The van der Waals surface area contributed by atoms with Crippen LogP contribution in [-0.2, 0) is 16.0 Å². The summed E-state index contributed by atoms with van der Waals surface area (Å²) >= 11 is 0. The Morgan fingerprint density at radius 2 is 2.05 bits per heavy atom. The summed E-state index contributed by atoms with van der Waals surface area (Å²) in [7, 11) is 0. The second-order valence-electron chi connectivity index (χ2n) is 4.58. The van der Waals surface area contributed by atoms with Crippen LogP contribution in [0.5, 0.6) is 0 Å². The van der Waals surface area contributed by atoms with E-state index in [9.17, 15) is 9.59 Å². The third-order valence-electron chi connectivity index (χ3n) is 2.75. The molecule has 0 spiro atoms. The van der Waals surface area contributed by atoms with Gasteiger partial charge < -0.3 is 14.9 Å². The number of aromatic nitrogens is 2. The van der Waals surface area contributed by atoms with Gasteiger partial charge in [0.2, 0.25) is 11.8 Å². The molecule has 2 N–H and O–H groups in total. The molecule has 2 rings (SSSR count). The summed E-state index contributed by atoms with van der Waals surface area (Å²) in [6, 6.07) is 6.85. The van der Waals surface area contributed by atoms with Gasteiger partial charge in [0, 0.05) is 24.6 Å². The Kier molecular flexibility index (Phi) is 5.02. The largest absolute Gasteiger partial charge is 0.478 e. The van der Waals surface area contributed by atoms with E-state index in [2.05, 4.69) is 15.5 Å². The van der Waals surface area contributed by atoms with Gasteiger partial charge in [-0.3, -0.25) is 4.79 Å². The highest BCUT2D eigenvalue weighted by molar-refractivity contribution is 5.91. The van der Waals surface area contributed by atoms with Gasteiger partial charge in [0.15, 0.2) is 5.82 Å². The van der Waals surface area contributed by atoms with Crippen molar-refractivity contribution in [3.05, 3.63) is 47.6 Å². The molecule has 1 heterocycles. The number of nitrogens with one attached hydrogen (secondary N) is 1. The number of aliphatic carboxylic acids is 1. The third kappa shape index (κ3) is 4.86. The Balaban J connectivity index is 1.84. The van der Waals surface area contributed by atoms with E-state index in [1.54, 1.807) is 31.2 Å². The van der Waals surface area contributed by atoms with E-state index in [1.165, 1.54) is 6.08 Å². The zero-order chi connectivity index (χ0) is 15.9. The number of hydrogen-bond acceptors (Lipinski definition) is 5. The minimum Gasteiger partial charge on any atom is -0.478 e. The number of aryl methyl sites for hydroxylation is 2. The second kappa shape index (κ2) is 7.16.